The normalized spacial score (nSPS) is 21.6. The maximum atomic E-state index is 13.1. The summed E-state index contributed by atoms with van der Waals surface area (Å²) in [5.41, 5.74) is 1.57. The van der Waals surface area contributed by atoms with E-state index >= 15 is 0 Å². The van der Waals surface area contributed by atoms with Crippen molar-refractivity contribution in [3.05, 3.63) is 47.4 Å². The van der Waals surface area contributed by atoms with Crippen LogP contribution in [0.15, 0.2) is 35.8 Å². The van der Waals surface area contributed by atoms with E-state index in [1.54, 1.807) is 19.1 Å². The highest BCUT2D eigenvalue weighted by molar-refractivity contribution is 7.91. The minimum Gasteiger partial charge on any atom is -0.350 e. The number of nitrogens with zero attached hydrogens (tertiary/aromatic N) is 2. The SMILES string of the molecule is CC1(NC(=O)Cc2csc3nc(-c4ccc(F)cc4)cn23)CCS(=O)(=O)C1. The second-order valence-electron chi connectivity index (χ2n) is 7.14. The third-order valence-electron chi connectivity index (χ3n) is 4.71. The quantitative estimate of drug-likeness (QED) is 0.720. The fourth-order valence-electron chi connectivity index (χ4n) is 3.37. The summed E-state index contributed by atoms with van der Waals surface area (Å²) in [4.78, 5) is 17.7. The van der Waals surface area contributed by atoms with Crippen LogP contribution in [0.3, 0.4) is 0 Å². The second-order valence-corrected chi connectivity index (χ2v) is 10.2. The van der Waals surface area contributed by atoms with E-state index in [9.17, 15) is 17.6 Å². The third-order valence-corrected chi connectivity index (χ3v) is 7.50. The van der Waals surface area contributed by atoms with Crippen molar-refractivity contribution in [3.63, 3.8) is 0 Å². The predicted octanol–water partition coefficient (Wildman–Crippen LogP) is 2.44. The maximum absolute atomic E-state index is 13.1. The maximum Gasteiger partial charge on any atom is 0.226 e. The number of fused-ring (bicyclic) bond motifs is 1. The molecular weight excluding hydrogens is 389 g/mol. The molecule has 2 aromatic heterocycles. The topological polar surface area (TPSA) is 80.5 Å². The molecule has 9 heteroatoms. The van der Waals surface area contributed by atoms with Crippen molar-refractivity contribution in [2.45, 2.75) is 25.3 Å². The molecule has 0 saturated carbocycles. The van der Waals surface area contributed by atoms with Crippen molar-refractivity contribution in [1.29, 1.82) is 0 Å². The summed E-state index contributed by atoms with van der Waals surface area (Å²) in [6.45, 7) is 1.77. The van der Waals surface area contributed by atoms with Gasteiger partial charge in [0.05, 0.1) is 29.2 Å². The lowest BCUT2D eigenvalue weighted by Gasteiger charge is -2.23. The lowest BCUT2D eigenvalue weighted by atomic mass is 10.0. The van der Waals surface area contributed by atoms with Crippen LogP contribution >= 0.6 is 11.3 Å². The summed E-state index contributed by atoms with van der Waals surface area (Å²) in [6, 6.07) is 6.09. The molecule has 0 bridgehead atoms. The Morgan fingerprint density at radius 2 is 2.11 bits per heavy atom. The van der Waals surface area contributed by atoms with Crippen LogP contribution in [0.2, 0.25) is 0 Å². The molecule has 1 aliphatic rings. The molecule has 0 spiro atoms. The Labute approximate surface area is 160 Å². The lowest BCUT2D eigenvalue weighted by Crippen LogP contribution is -2.47. The lowest BCUT2D eigenvalue weighted by molar-refractivity contribution is -0.122. The van der Waals surface area contributed by atoms with E-state index in [1.165, 1.54) is 23.5 Å². The molecule has 1 aliphatic heterocycles. The first-order chi connectivity index (χ1) is 12.7. The fraction of sp³-hybridized carbons (Fsp3) is 0.333. The monoisotopic (exact) mass is 407 g/mol. The molecule has 1 atom stereocenters. The molecular formula is C18H18FN3O3S2. The average Bonchev–Trinajstić information content (AvgIpc) is 3.22. The molecule has 4 rings (SSSR count). The van der Waals surface area contributed by atoms with E-state index in [2.05, 4.69) is 10.3 Å². The zero-order valence-electron chi connectivity index (χ0n) is 14.6. The number of hydrogen-bond acceptors (Lipinski definition) is 5. The van der Waals surface area contributed by atoms with E-state index in [1.807, 2.05) is 16.0 Å². The summed E-state index contributed by atoms with van der Waals surface area (Å²) in [5, 5.41) is 4.73. The highest BCUT2D eigenvalue weighted by atomic mass is 32.2. The molecule has 1 unspecified atom stereocenters. The van der Waals surface area contributed by atoms with Crippen molar-refractivity contribution >= 4 is 32.0 Å². The van der Waals surface area contributed by atoms with Gasteiger partial charge in [-0.05, 0) is 37.6 Å². The summed E-state index contributed by atoms with van der Waals surface area (Å²) in [7, 11) is -3.08. The van der Waals surface area contributed by atoms with E-state index < -0.39 is 15.4 Å². The molecule has 142 valence electrons. The van der Waals surface area contributed by atoms with Crippen molar-refractivity contribution in [3.8, 4) is 11.3 Å². The molecule has 0 aliphatic carbocycles. The molecule has 3 aromatic rings. The van der Waals surface area contributed by atoms with E-state index in [4.69, 9.17) is 0 Å². The largest absolute Gasteiger partial charge is 0.350 e. The second kappa shape index (κ2) is 6.42. The highest BCUT2D eigenvalue weighted by Gasteiger charge is 2.39. The number of nitrogens with one attached hydrogen (secondary N) is 1. The van der Waals surface area contributed by atoms with Crippen LogP contribution in [0.4, 0.5) is 4.39 Å². The van der Waals surface area contributed by atoms with Crippen molar-refractivity contribution in [2.75, 3.05) is 11.5 Å². The number of imidazole rings is 1. The van der Waals surface area contributed by atoms with Gasteiger partial charge in [-0.1, -0.05) is 0 Å². The predicted molar refractivity (Wildman–Crippen MR) is 102 cm³/mol. The zero-order valence-corrected chi connectivity index (χ0v) is 16.2. The number of amides is 1. The van der Waals surface area contributed by atoms with Gasteiger partial charge in [0, 0.05) is 22.8 Å². The van der Waals surface area contributed by atoms with Crippen LogP contribution in [0, 0.1) is 5.82 Å². The Balaban J connectivity index is 1.52. The summed E-state index contributed by atoms with van der Waals surface area (Å²) < 4.78 is 38.3. The van der Waals surface area contributed by atoms with Gasteiger partial charge in [-0.15, -0.1) is 11.3 Å². The Kier molecular flexibility index (Phi) is 4.31. The fourth-order valence-corrected chi connectivity index (χ4v) is 6.34. The molecule has 3 heterocycles. The van der Waals surface area contributed by atoms with E-state index in [-0.39, 0.29) is 29.7 Å². The molecule has 1 saturated heterocycles. The highest BCUT2D eigenvalue weighted by Crippen LogP contribution is 2.25. The van der Waals surface area contributed by atoms with Crippen LogP contribution in [0.5, 0.6) is 0 Å². The molecule has 27 heavy (non-hydrogen) atoms. The Morgan fingerprint density at radius 3 is 2.78 bits per heavy atom. The number of sulfone groups is 1. The first-order valence-corrected chi connectivity index (χ1v) is 11.2. The van der Waals surface area contributed by atoms with Gasteiger partial charge in [0.2, 0.25) is 5.91 Å². The molecule has 6 nitrogen and oxygen atoms in total. The van der Waals surface area contributed by atoms with Crippen LogP contribution in [0.1, 0.15) is 19.0 Å². The Bertz CT molecular complexity index is 1120. The van der Waals surface area contributed by atoms with Crippen molar-refractivity contribution in [1.82, 2.24) is 14.7 Å². The Morgan fingerprint density at radius 1 is 1.37 bits per heavy atom. The van der Waals surface area contributed by atoms with Gasteiger partial charge < -0.3 is 5.32 Å². The van der Waals surface area contributed by atoms with Gasteiger partial charge in [-0.2, -0.15) is 0 Å². The standard InChI is InChI=1S/C18H18FN3O3S2/c1-18(6-7-27(24,25)11-18)21-16(23)8-14-10-26-17-20-15(9-22(14)17)12-2-4-13(19)5-3-12/h2-5,9-10H,6-8,11H2,1H3,(H,21,23). The number of carbonyl (C=O) groups is 1. The van der Waals surface area contributed by atoms with Gasteiger partial charge >= 0.3 is 0 Å². The van der Waals surface area contributed by atoms with E-state index in [0.717, 1.165) is 16.2 Å². The summed E-state index contributed by atoms with van der Waals surface area (Å²) >= 11 is 1.42. The van der Waals surface area contributed by atoms with Gasteiger partial charge in [0.25, 0.3) is 0 Å². The molecule has 1 N–H and O–H groups in total. The number of hydrogen-bond donors (Lipinski definition) is 1. The van der Waals surface area contributed by atoms with Crippen molar-refractivity contribution < 1.29 is 17.6 Å². The molecule has 1 aromatic carbocycles. The minimum atomic E-state index is -3.08. The molecule has 1 amide bonds. The van der Waals surface area contributed by atoms with Crippen LogP contribution in [-0.4, -0.2) is 40.8 Å². The van der Waals surface area contributed by atoms with Gasteiger partial charge in [0.1, 0.15) is 5.82 Å². The van der Waals surface area contributed by atoms with Gasteiger partial charge in [-0.25, -0.2) is 17.8 Å². The first-order valence-electron chi connectivity index (χ1n) is 8.46. The van der Waals surface area contributed by atoms with Crippen molar-refractivity contribution in [2.24, 2.45) is 0 Å². The Hall–Kier alpha value is -2.26. The van der Waals surface area contributed by atoms with E-state index in [0.29, 0.717) is 12.1 Å². The van der Waals surface area contributed by atoms with Crippen LogP contribution < -0.4 is 5.32 Å². The van der Waals surface area contributed by atoms with Gasteiger partial charge in [0.15, 0.2) is 14.8 Å². The number of thiazole rings is 1. The number of carbonyl (C=O) groups excluding carboxylic acids is 1. The average molecular weight is 407 g/mol. The van der Waals surface area contributed by atoms with Crippen LogP contribution in [0.25, 0.3) is 16.2 Å². The first kappa shape index (κ1) is 18.1. The summed E-state index contributed by atoms with van der Waals surface area (Å²) in [6.07, 6.45) is 2.39. The number of aromatic nitrogens is 2. The third kappa shape index (κ3) is 3.74. The smallest absolute Gasteiger partial charge is 0.226 e. The molecule has 1 fully saturated rings. The molecule has 0 radical (unpaired) electrons. The summed E-state index contributed by atoms with van der Waals surface area (Å²) in [5.74, 6) is -0.439. The number of benzene rings is 1. The minimum absolute atomic E-state index is 0.0232. The van der Waals surface area contributed by atoms with Crippen LogP contribution in [-0.2, 0) is 21.1 Å². The van der Waals surface area contributed by atoms with Gasteiger partial charge in [-0.3, -0.25) is 9.20 Å². The number of rotatable bonds is 4. The zero-order chi connectivity index (χ0) is 19.2. The number of halogens is 1.